The first-order valence-electron chi connectivity index (χ1n) is 10.3. The zero-order chi connectivity index (χ0) is 21.4. The predicted octanol–water partition coefficient (Wildman–Crippen LogP) is 3.35. The van der Waals surface area contributed by atoms with E-state index in [-0.39, 0.29) is 17.5 Å². The Morgan fingerprint density at radius 2 is 1.80 bits per heavy atom. The number of hydrogen-bond acceptors (Lipinski definition) is 5. The van der Waals surface area contributed by atoms with Gasteiger partial charge < -0.3 is 14.8 Å². The van der Waals surface area contributed by atoms with Gasteiger partial charge in [-0.2, -0.15) is 0 Å². The molecule has 1 aliphatic carbocycles. The molecule has 1 aliphatic heterocycles. The normalized spacial score (nSPS) is 20.0. The van der Waals surface area contributed by atoms with Crippen LogP contribution in [0.2, 0.25) is 0 Å². The Balaban J connectivity index is 1.54. The number of aryl methyl sites for hydroxylation is 2. The summed E-state index contributed by atoms with van der Waals surface area (Å²) in [5.41, 5.74) is 1.53. The fraction of sp³-hybridized carbons (Fsp3) is 0.435. The van der Waals surface area contributed by atoms with Crippen molar-refractivity contribution in [3.05, 3.63) is 53.6 Å². The van der Waals surface area contributed by atoms with Gasteiger partial charge in [0.25, 0.3) is 0 Å². The molecule has 1 N–H and O–H groups in total. The summed E-state index contributed by atoms with van der Waals surface area (Å²) in [6.45, 7) is 4.13. The molecule has 160 valence electrons. The highest BCUT2D eigenvalue weighted by Gasteiger charge is 2.53. The Hall–Kier alpha value is -2.54. The van der Waals surface area contributed by atoms with Crippen LogP contribution in [0.1, 0.15) is 36.8 Å². The SMILES string of the molecule is Cc1ccc(C)c(S(=O)(=O)C2(C(=O)NC[C@@H]3COc4ccccc4O3)CCCC2)c1. The number of carbonyl (C=O) groups is 1. The van der Waals surface area contributed by atoms with E-state index in [0.29, 0.717) is 49.4 Å². The molecule has 1 heterocycles. The molecule has 0 saturated heterocycles. The summed E-state index contributed by atoms with van der Waals surface area (Å²) in [4.78, 5) is 13.5. The Morgan fingerprint density at radius 1 is 1.10 bits per heavy atom. The van der Waals surface area contributed by atoms with Gasteiger partial charge in [-0.05, 0) is 56.0 Å². The summed E-state index contributed by atoms with van der Waals surface area (Å²) < 4.78 is 37.5. The molecule has 1 fully saturated rings. The van der Waals surface area contributed by atoms with Crippen LogP contribution in [0, 0.1) is 13.8 Å². The number of sulfone groups is 1. The lowest BCUT2D eigenvalue weighted by atomic mass is 10.1. The van der Waals surface area contributed by atoms with Crippen molar-refractivity contribution >= 4 is 15.7 Å². The minimum absolute atomic E-state index is 0.192. The molecule has 1 atom stereocenters. The van der Waals surface area contributed by atoms with Gasteiger partial charge in [0.1, 0.15) is 12.7 Å². The van der Waals surface area contributed by atoms with Gasteiger partial charge in [0.15, 0.2) is 26.1 Å². The first-order chi connectivity index (χ1) is 14.3. The van der Waals surface area contributed by atoms with Gasteiger partial charge in [0.2, 0.25) is 5.91 Å². The van der Waals surface area contributed by atoms with E-state index in [2.05, 4.69) is 5.32 Å². The van der Waals surface area contributed by atoms with Crippen LogP contribution in [0.4, 0.5) is 0 Å². The quantitative estimate of drug-likeness (QED) is 0.788. The number of para-hydroxylation sites is 2. The number of rotatable bonds is 5. The molecule has 0 aromatic heterocycles. The van der Waals surface area contributed by atoms with Crippen LogP contribution in [0.5, 0.6) is 11.5 Å². The molecule has 30 heavy (non-hydrogen) atoms. The highest BCUT2D eigenvalue weighted by atomic mass is 32.2. The van der Waals surface area contributed by atoms with Crippen molar-refractivity contribution in [3.63, 3.8) is 0 Å². The molecule has 4 rings (SSSR count). The Kier molecular flexibility index (Phi) is 5.49. The maximum atomic E-state index is 13.7. The third-order valence-corrected chi connectivity index (χ3v) is 8.67. The summed E-state index contributed by atoms with van der Waals surface area (Å²) >= 11 is 0. The third-order valence-electron chi connectivity index (χ3n) is 6.03. The van der Waals surface area contributed by atoms with Crippen LogP contribution >= 0.6 is 0 Å². The highest BCUT2D eigenvalue weighted by molar-refractivity contribution is 7.93. The molecular weight excluding hydrogens is 402 g/mol. The summed E-state index contributed by atoms with van der Waals surface area (Å²) in [5, 5.41) is 2.85. The predicted molar refractivity (Wildman–Crippen MR) is 114 cm³/mol. The van der Waals surface area contributed by atoms with E-state index in [4.69, 9.17) is 9.47 Å². The molecule has 2 aliphatic rings. The molecule has 7 heteroatoms. The van der Waals surface area contributed by atoms with Crippen molar-refractivity contribution in [2.75, 3.05) is 13.2 Å². The number of benzene rings is 2. The van der Waals surface area contributed by atoms with Crippen LogP contribution in [-0.2, 0) is 14.6 Å². The molecule has 0 spiro atoms. The molecule has 2 aromatic rings. The van der Waals surface area contributed by atoms with Gasteiger partial charge in [0, 0.05) is 0 Å². The fourth-order valence-corrected chi connectivity index (χ4v) is 6.70. The topological polar surface area (TPSA) is 81.7 Å². The summed E-state index contributed by atoms with van der Waals surface area (Å²) in [5.74, 6) is 0.856. The van der Waals surface area contributed by atoms with Gasteiger partial charge in [0.05, 0.1) is 11.4 Å². The average Bonchev–Trinajstić information content (AvgIpc) is 3.25. The Bertz CT molecular complexity index is 1060. The van der Waals surface area contributed by atoms with Gasteiger partial charge in [-0.3, -0.25) is 4.79 Å². The maximum Gasteiger partial charge on any atom is 0.241 e. The van der Waals surface area contributed by atoms with E-state index in [0.717, 1.165) is 5.56 Å². The van der Waals surface area contributed by atoms with Crippen LogP contribution in [0.3, 0.4) is 0 Å². The molecule has 6 nitrogen and oxygen atoms in total. The highest BCUT2D eigenvalue weighted by Crippen LogP contribution is 2.42. The number of hydrogen-bond donors (Lipinski definition) is 1. The van der Waals surface area contributed by atoms with E-state index in [1.807, 2.05) is 37.3 Å². The lowest BCUT2D eigenvalue weighted by Crippen LogP contribution is -2.53. The third kappa shape index (κ3) is 3.55. The fourth-order valence-electron chi connectivity index (χ4n) is 4.30. The zero-order valence-corrected chi connectivity index (χ0v) is 18.1. The van der Waals surface area contributed by atoms with Gasteiger partial charge in [-0.25, -0.2) is 8.42 Å². The van der Waals surface area contributed by atoms with Crippen LogP contribution < -0.4 is 14.8 Å². The van der Waals surface area contributed by atoms with E-state index in [9.17, 15) is 13.2 Å². The second kappa shape index (κ2) is 7.95. The van der Waals surface area contributed by atoms with Crippen LogP contribution in [0.25, 0.3) is 0 Å². The lowest BCUT2D eigenvalue weighted by molar-refractivity contribution is -0.124. The Labute approximate surface area is 177 Å². The molecule has 0 radical (unpaired) electrons. The lowest BCUT2D eigenvalue weighted by Gasteiger charge is -2.31. The number of carbonyl (C=O) groups excluding carboxylic acids is 1. The van der Waals surface area contributed by atoms with Crippen molar-refractivity contribution < 1.29 is 22.7 Å². The van der Waals surface area contributed by atoms with E-state index >= 15 is 0 Å². The summed E-state index contributed by atoms with van der Waals surface area (Å²) in [7, 11) is -3.84. The van der Waals surface area contributed by atoms with E-state index < -0.39 is 20.5 Å². The van der Waals surface area contributed by atoms with E-state index in [1.54, 1.807) is 19.1 Å². The average molecular weight is 430 g/mol. The smallest absolute Gasteiger partial charge is 0.241 e. The second-order valence-corrected chi connectivity index (χ2v) is 10.4. The van der Waals surface area contributed by atoms with Crippen molar-refractivity contribution in [3.8, 4) is 11.5 Å². The van der Waals surface area contributed by atoms with E-state index in [1.165, 1.54) is 0 Å². The molecule has 0 unspecified atom stereocenters. The first-order valence-corrected chi connectivity index (χ1v) is 11.8. The van der Waals surface area contributed by atoms with Crippen molar-refractivity contribution in [2.24, 2.45) is 0 Å². The molecule has 1 amide bonds. The second-order valence-electron chi connectivity index (χ2n) is 8.18. The van der Waals surface area contributed by atoms with Gasteiger partial charge in [-0.15, -0.1) is 0 Å². The van der Waals surface area contributed by atoms with Crippen molar-refractivity contribution in [2.45, 2.75) is 55.3 Å². The molecular formula is C23H27NO5S. The first kappa shape index (κ1) is 20.7. The van der Waals surface area contributed by atoms with Crippen molar-refractivity contribution in [1.29, 1.82) is 0 Å². The molecule has 2 aromatic carbocycles. The minimum Gasteiger partial charge on any atom is -0.486 e. The van der Waals surface area contributed by atoms with Crippen LogP contribution in [-0.4, -0.2) is 38.3 Å². The number of fused-ring (bicyclic) bond motifs is 1. The number of ether oxygens (including phenoxy) is 2. The summed E-state index contributed by atoms with van der Waals surface area (Å²) in [6.07, 6.45) is 1.73. The summed E-state index contributed by atoms with van der Waals surface area (Å²) in [6, 6.07) is 12.7. The minimum atomic E-state index is -3.84. The zero-order valence-electron chi connectivity index (χ0n) is 17.3. The number of amides is 1. The molecule has 0 bridgehead atoms. The largest absolute Gasteiger partial charge is 0.486 e. The van der Waals surface area contributed by atoms with Crippen molar-refractivity contribution in [1.82, 2.24) is 5.32 Å². The maximum absolute atomic E-state index is 13.7. The standard InChI is InChI=1S/C23H27NO5S/c1-16-9-10-17(2)21(13-16)30(26,27)23(11-5-6-12-23)22(25)24-14-18-15-28-19-7-3-4-8-20(19)29-18/h3-4,7-10,13,18H,5-6,11-12,14-15H2,1-2H3,(H,24,25)/t18-/m1/s1. The number of nitrogens with one attached hydrogen (secondary N) is 1. The van der Waals surface area contributed by atoms with Gasteiger partial charge >= 0.3 is 0 Å². The monoisotopic (exact) mass is 429 g/mol. The van der Waals surface area contributed by atoms with Crippen LogP contribution in [0.15, 0.2) is 47.4 Å². The Morgan fingerprint density at radius 3 is 2.53 bits per heavy atom. The van der Waals surface area contributed by atoms with Gasteiger partial charge in [-0.1, -0.05) is 37.1 Å². The molecule has 1 saturated carbocycles.